The van der Waals surface area contributed by atoms with E-state index >= 15 is 0 Å². The van der Waals surface area contributed by atoms with Gasteiger partial charge >= 0.3 is 0 Å². The maximum absolute atomic E-state index is 12.8. The van der Waals surface area contributed by atoms with Gasteiger partial charge in [0, 0.05) is 24.0 Å². The molecule has 2 aliphatic heterocycles. The molecule has 0 unspecified atom stereocenters. The molecule has 4 rings (SSSR count). The Morgan fingerprint density at radius 2 is 1.95 bits per heavy atom. The van der Waals surface area contributed by atoms with Gasteiger partial charge in [0.15, 0.2) is 0 Å². The lowest BCUT2D eigenvalue weighted by Crippen LogP contribution is -2.15. The van der Waals surface area contributed by atoms with Crippen molar-refractivity contribution < 1.29 is 14.3 Å². The third-order valence-electron chi connectivity index (χ3n) is 4.00. The molecule has 5 heteroatoms. The van der Waals surface area contributed by atoms with Gasteiger partial charge in [-0.1, -0.05) is 23.7 Å². The van der Waals surface area contributed by atoms with Gasteiger partial charge in [0.25, 0.3) is 5.91 Å². The van der Waals surface area contributed by atoms with Gasteiger partial charge in [-0.15, -0.1) is 0 Å². The zero-order chi connectivity index (χ0) is 15.1. The van der Waals surface area contributed by atoms with E-state index in [0.717, 1.165) is 29.7 Å². The van der Waals surface area contributed by atoms with Crippen molar-refractivity contribution in [3.8, 4) is 11.5 Å². The highest BCUT2D eigenvalue weighted by molar-refractivity contribution is 6.34. The third kappa shape index (κ3) is 2.11. The molecule has 2 aromatic carbocycles. The summed E-state index contributed by atoms with van der Waals surface area (Å²) in [5.41, 5.74) is 3.13. The average molecular weight is 316 g/mol. The van der Waals surface area contributed by atoms with Gasteiger partial charge in [-0.05, 0) is 18.2 Å². The fourth-order valence-corrected chi connectivity index (χ4v) is 3.16. The normalized spacial score (nSPS) is 14.8. The number of amides is 1. The quantitative estimate of drug-likeness (QED) is 0.923. The number of carbonyl (C=O) groups excluding carboxylic acids is 1. The molecule has 2 aromatic rings. The van der Waals surface area contributed by atoms with E-state index in [0.29, 0.717) is 35.2 Å². The van der Waals surface area contributed by atoms with Crippen molar-refractivity contribution in [2.45, 2.75) is 12.8 Å². The summed E-state index contributed by atoms with van der Waals surface area (Å²) in [7, 11) is 0. The standard InChI is InChI=1S/C17H14ClNO3/c18-12-3-1-2-4-13(12)19-17(20)15-11-6-8-21-14(11)9-10-5-7-22-16(10)15/h1-4,9H,5-8H2,(H,19,20). The Balaban J connectivity index is 1.76. The highest BCUT2D eigenvalue weighted by Crippen LogP contribution is 2.41. The van der Waals surface area contributed by atoms with Crippen LogP contribution in [0.5, 0.6) is 11.5 Å². The van der Waals surface area contributed by atoms with Gasteiger partial charge < -0.3 is 14.8 Å². The van der Waals surface area contributed by atoms with Crippen molar-refractivity contribution in [2.75, 3.05) is 18.5 Å². The maximum atomic E-state index is 12.8. The van der Waals surface area contributed by atoms with Crippen LogP contribution >= 0.6 is 11.6 Å². The Labute approximate surface area is 133 Å². The van der Waals surface area contributed by atoms with Crippen LogP contribution in [0.1, 0.15) is 21.5 Å². The molecular weight excluding hydrogens is 302 g/mol. The first-order valence-corrected chi connectivity index (χ1v) is 7.62. The van der Waals surface area contributed by atoms with E-state index in [1.54, 1.807) is 12.1 Å². The SMILES string of the molecule is O=C(Nc1ccccc1Cl)c1c2c(cc3c1OCC3)OCC2. The first kappa shape index (κ1) is 13.5. The number of para-hydroxylation sites is 1. The van der Waals surface area contributed by atoms with Gasteiger partial charge in [0.05, 0.1) is 29.5 Å². The van der Waals surface area contributed by atoms with Crippen LogP contribution in [-0.2, 0) is 12.8 Å². The van der Waals surface area contributed by atoms with Crippen LogP contribution in [0.4, 0.5) is 5.69 Å². The van der Waals surface area contributed by atoms with Crippen LogP contribution in [0.3, 0.4) is 0 Å². The van der Waals surface area contributed by atoms with Gasteiger partial charge in [-0.2, -0.15) is 0 Å². The second-order valence-corrected chi connectivity index (χ2v) is 5.75. The first-order chi connectivity index (χ1) is 10.7. The summed E-state index contributed by atoms with van der Waals surface area (Å²) >= 11 is 6.12. The molecule has 0 spiro atoms. The Bertz CT molecular complexity index is 740. The molecular formula is C17H14ClNO3. The first-order valence-electron chi connectivity index (χ1n) is 7.24. The zero-order valence-electron chi connectivity index (χ0n) is 11.8. The summed E-state index contributed by atoms with van der Waals surface area (Å²) in [6, 6.07) is 9.18. The minimum Gasteiger partial charge on any atom is -0.493 e. The molecule has 1 N–H and O–H groups in total. The Morgan fingerprint density at radius 3 is 2.82 bits per heavy atom. The van der Waals surface area contributed by atoms with Crippen molar-refractivity contribution in [3.05, 3.63) is 52.0 Å². The van der Waals surface area contributed by atoms with Crippen LogP contribution in [0.2, 0.25) is 5.02 Å². The van der Waals surface area contributed by atoms with E-state index in [2.05, 4.69) is 5.32 Å². The van der Waals surface area contributed by atoms with E-state index in [4.69, 9.17) is 21.1 Å². The smallest absolute Gasteiger partial charge is 0.259 e. The molecule has 0 bridgehead atoms. The molecule has 0 aliphatic carbocycles. The lowest BCUT2D eigenvalue weighted by atomic mass is 9.99. The molecule has 2 aliphatic rings. The molecule has 22 heavy (non-hydrogen) atoms. The van der Waals surface area contributed by atoms with Crippen molar-refractivity contribution in [2.24, 2.45) is 0 Å². The molecule has 0 atom stereocenters. The summed E-state index contributed by atoms with van der Waals surface area (Å²) in [4.78, 5) is 12.8. The molecule has 1 amide bonds. The zero-order valence-corrected chi connectivity index (χ0v) is 12.6. The van der Waals surface area contributed by atoms with Crippen molar-refractivity contribution in [3.63, 3.8) is 0 Å². The van der Waals surface area contributed by atoms with E-state index in [1.807, 2.05) is 18.2 Å². The molecule has 0 fully saturated rings. The molecule has 2 heterocycles. The number of hydrogen-bond acceptors (Lipinski definition) is 3. The largest absolute Gasteiger partial charge is 0.493 e. The lowest BCUT2D eigenvalue weighted by molar-refractivity contribution is 0.102. The molecule has 0 saturated heterocycles. The summed E-state index contributed by atoms with van der Waals surface area (Å²) < 4.78 is 11.3. The molecule has 112 valence electrons. The average Bonchev–Trinajstić information content (AvgIpc) is 3.15. The van der Waals surface area contributed by atoms with E-state index in [9.17, 15) is 4.79 Å². The Kier molecular flexibility index (Phi) is 3.19. The van der Waals surface area contributed by atoms with Crippen LogP contribution in [0.15, 0.2) is 30.3 Å². The predicted octanol–water partition coefficient (Wildman–Crippen LogP) is 3.46. The fraction of sp³-hybridized carbons (Fsp3) is 0.235. The van der Waals surface area contributed by atoms with Crippen molar-refractivity contribution >= 4 is 23.2 Å². The summed E-state index contributed by atoms with van der Waals surface area (Å²) in [5, 5.41) is 3.39. The van der Waals surface area contributed by atoms with Crippen LogP contribution < -0.4 is 14.8 Å². The number of halogens is 1. The number of ether oxygens (including phenoxy) is 2. The summed E-state index contributed by atoms with van der Waals surface area (Å²) in [6.45, 7) is 1.20. The highest BCUT2D eigenvalue weighted by atomic mass is 35.5. The lowest BCUT2D eigenvalue weighted by Gasteiger charge is -2.13. The van der Waals surface area contributed by atoms with Crippen LogP contribution in [0, 0.1) is 0 Å². The minimum atomic E-state index is -0.200. The highest BCUT2D eigenvalue weighted by Gasteiger charge is 2.30. The number of hydrogen-bond donors (Lipinski definition) is 1. The number of benzene rings is 2. The Hall–Kier alpha value is -2.20. The van der Waals surface area contributed by atoms with Gasteiger partial charge in [0.1, 0.15) is 11.5 Å². The van der Waals surface area contributed by atoms with Gasteiger partial charge in [-0.3, -0.25) is 4.79 Å². The molecule has 0 saturated carbocycles. The number of nitrogens with one attached hydrogen (secondary N) is 1. The van der Waals surface area contributed by atoms with Crippen LogP contribution in [0.25, 0.3) is 0 Å². The number of fused-ring (bicyclic) bond motifs is 2. The minimum absolute atomic E-state index is 0.200. The summed E-state index contributed by atoms with van der Waals surface area (Å²) in [6.07, 6.45) is 1.52. The number of anilines is 1. The van der Waals surface area contributed by atoms with E-state index in [-0.39, 0.29) is 5.91 Å². The van der Waals surface area contributed by atoms with Gasteiger partial charge in [-0.25, -0.2) is 0 Å². The monoisotopic (exact) mass is 315 g/mol. The molecule has 0 aromatic heterocycles. The second kappa shape index (κ2) is 5.21. The van der Waals surface area contributed by atoms with Crippen LogP contribution in [-0.4, -0.2) is 19.1 Å². The van der Waals surface area contributed by atoms with Crippen molar-refractivity contribution in [1.29, 1.82) is 0 Å². The van der Waals surface area contributed by atoms with E-state index < -0.39 is 0 Å². The second-order valence-electron chi connectivity index (χ2n) is 5.35. The number of rotatable bonds is 2. The van der Waals surface area contributed by atoms with Gasteiger partial charge in [0.2, 0.25) is 0 Å². The fourth-order valence-electron chi connectivity index (χ4n) is 2.97. The van der Waals surface area contributed by atoms with Crippen molar-refractivity contribution in [1.82, 2.24) is 0 Å². The topological polar surface area (TPSA) is 47.6 Å². The summed E-state index contributed by atoms with van der Waals surface area (Å²) in [5.74, 6) is 1.29. The Morgan fingerprint density at radius 1 is 1.14 bits per heavy atom. The molecule has 4 nitrogen and oxygen atoms in total. The molecule has 0 radical (unpaired) electrons. The number of carbonyl (C=O) groups is 1. The predicted molar refractivity (Wildman–Crippen MR) is 84.2 cm³/mol. The van der Waals surface area contributed by atoms with E-state index in [1.165, 1.54) is 0 Å². The maximum Gasteiger partial charge on any atom is 0.259 e. The third-order valence-corrected chi connectivity index (χ3v) is 4.33.